The highest BCUT2D eigenvalue weighted by molar-refractivity contribution is 5.82. The summed E-state index contributed by atoms with van der Waals surface area (Å²) in [6.07, 6.45) is 7.41. The van der Waals surface area contributed by atoms with Crippen LogP contribution in [-0.2, 0) is 4.79 Å². The lowest BCUT2D eigenvalue weighted by Crippen LogP contribution is -2.40. The van der Waals surface area contributed by atoms with Gasteiger partial charge in [-0.25, -0.2) is 0 Å². The third kappa shape index (κ3) is 2.69. The van der Waals surface area contributed by atoms with Crippen molar-refractivity contribution < 1.29 is 4.79 Å². The van der Waals surface area contributed by atoms with Crippen LogP contribution in [0.5, 0.6) is 0 Å². The second-order valence-electron chi connectivity index (χ2n) is 5.26. The zero-order valence-corrected chi connectivity index (χ0v) is 9.75. The minimum atomic E-state index is 0.333. The van der Waals surface area contributed by atoms with Gasteiger partial charge >= 0.3 is 0 Å². The Balaban J connectivity index is 1.88. The molecule has 2 atom stereocenters. The second-order valence-corrected chi connectivity index (χ2v) is 5.26. The van der Waals surface area contributed by atoms with E-state index in [1.54, 1.807) is 0 Å². The molecule has 0 saturated carbocycles. The van der Waals surface area contributed by atoms with Crippen molar-refractivity contribution >= 4 is 5.78 Å². The zero-order valence-electron chi connectivity index (χ0n) is 9.75. The van der Waals surface area contributed by atoms with Gasteiger partial charge in [-0.2, -0.15) is 0 Å². The molecule has 2 bridgehead atoms. The number of fused-ring (bicyclic) bond motifs is 2. The van der Waals surface area contributed by atoms with Crippen LogP contribution in [0.4, 0.5) is 0 Å². The van der Waals surface area contributed by atoms with E-state index in [0.717, 1.165) is 12.8 Å². The van der Waals surface area contributed by atoms with Crippen LogP contribution in [0, 0.1) is 5.92 Å². The van der Waals surface area contributed by atoms with Crippen molar-refractivity contribution in [2.24, 2.45) is 5.92 Å². The first-order chi connectivity index (χ1) is 7.15. The normalized spacial score (nSPS) is 33.9. The largest absolute Gasteiger partial charge is 0.311 e. The first-order valence-electron chi connectivity index (χ1n) is 6.07. The summed E-state index contributed by atoms with van der Waals surface area (Å²) in [4.78, 5) is 11.9. The Labute approximate surface area is 92.1 Å². The molecule has 0 aliphatic carbocycles. The van der Waals surface area contributed by atoms with E-state index in [4.69, 9.17) is 0 Å². The number of piperidine rings is 1. The molecule has 2 fully saturated rings. The number of rotatable bonds is 3. The molecule has 84 valence electrons. The fraction of sp³-hybridized carbons (Fsp3) is 0.769. The summed E-state index contributed by atoms with van der Waals surface area (Å²) in [5, 5.41) is 3.57. The maximum absolute atomic E-state index is 11.9. The van der Waals surface area contributed by atoms with Gasteiger partial charge in [-0.1, -0.05) is 11.6 Å². The van der Waals surface area contributed by atoms with Gasteiger partial charge in [0.05, 0.1) is 0 Å². The maximum Gasteiger partial charge on any atom is 0.139 e. The molecular formula is C13H21NO. The molecule has 2 nitrogen and oxygen atoms in total. The molecule has 0 amide bonds. The van der Waals surface area contributed by atoms with Crippen LogP contribution in [0.1, 0.15) is 46.0 Å². The fourth-order valence-corrected chi connectivity index (χ4v) is 2.79. The van der Waals surface area contributed by atoms with E-state index >= 15 is 0 Å². The van der Waals surface area contributed by atoms with Crippen molar-refractivity contribution in [2.75, 3.05) is 0 Å². The molecule has 2 aliphatic heterocycles. The number of hydrogen-bond donors (Lipinski definition) is 1. The number of nitrogens with one attached hydrogen (secondary N) is 1. The molecule has 0 aromatic rings. The minimum Gasteiger partial charge on any atom is -0.311 e. The lowest BCUT2D eigenvalue weighted by Gasteiger charge is -2.27. The monoisotopic (exact) mass is 207 g/mol. The Bertz CT molecular complexity index is 266. The molecule has 0 radical (unpaired) electrons. The molecule has 1 N–H and O–H groups in total. The van der Waals surface area contributed by atoms with Crippen LogP contribution in [-0.4, -0.2) is 17.9 Å². The number of Topliss-reactive ketones (excluding diaryl/α,β-unsaturated/α-hetero) is 1. The summed E-state index contributed by atoms with van der Waals surface area (Å²) in [5.74, 6) is 0.786. The van der Waals surface area contributed by atoms with Gasteiger partial charge in [-0.3, -0.25) is 4.79 Å². The van der Waals surface area contributed by atoms with Crippen molar-refractivity contribution in [3.8, 4) is 0 Å². The molecule has 2 saturated heterocycles. The summed E-state index contributed by atoms with van der Waals surface area (Å²) in [7, 11) is 0. The molecule has 0 aromatic carbocycles. The SMILES string of the molecule is CC(C)=CCC(=O)C1CC2CCC(C1)N2. The molecule has 0 spiro atoms. The van der Waals surface area contributed by atoms with Crippen molar-refractivity contribution in [1.82, 2.24) is 5.32 Å². The van der Waals surface area contributed by atoms with Crippen LogP contribution in [0.2, 0.25) is 0 Å². The predicted octanol–water partition coefficient (Wildman–Crippen LogP) is 2.44. The van der Waals surface area contributed by atoms with Gasteiger partial charge in [-0.05, 0) is 39.5 Å². The Kier molecular flexibility index (Phi) is 3.25. The number of carbonyl (C=O) groups excluding carboxylic acids is 1. The van der Waals surface area contributed by atoms with E-state index in [2.05, 4.69) is 25.2 Å². The van der Waals surface area contributed by atoms with Crippen molar-refractivity contribution in [3.63, 3.8) is 0 Å². The molecule has 2 heteroatoms. The third-order valence-corrected chi connectivity index (χ3v) is 3.64. The van der Waals surface area contributed by atoms with Crippen molar-refractivity contribution in [1.29, 1.82) is 0 Å². The van der Waals surface area contributed by atoms with E-state index in [9.17, 15) is 4.79 Å². The average molecular weight is 207 g/mol. The topological polar surface area (TPSA) is 29.1 Å². The van der Waals surface area contributed by atoms with E-state index in [1.165, 1.54) is 18.4 Å². The van der Waals surface area contributed by atoms with Gasteiger partial charge in [0, 0.05) is 24.4 Å². The molecule has 2 heterocycles. The minimum absolute atomic E-state index is 0.333. The smallest absolute Gasteiger partial charge is 0.139 e. The van der Waals surface area contributed by atoms with E-state index in [0.29, 0.717) is 30.2 Å². The second kappa shape index (κ2) is 4.48. The standard InChI is InChI=1S/C13H21NO/c1-9(2)3-6-13(15)10-7-11-4-5-12(8-10)14-11/h3,10-12,14H,4-8H2,1-2H3. The summed E-state index contributed by atoms with van der Waals surface area (Å²) in [6, 6.07) is 1.26. The first-order valence-corrected chi connectivity index (χ1v) is 6.07. The van der Waals surface area contributed by atoms with E-state index < -0.39 is 0 Å². The number of hydrogen-bond acceptors (Lipinski definition) is 2. The molecule has 2 aliphatic rings. The highest BCUT2D eigenvalue weighted by Gasteiger charge is 2.35. The van der Waals surface area contributed by atoms with Gasteiger partial charge in [0.25, 0.3) is 0 Å². The molecule has 2 unspecified atom stereocenters. The van der Waals surface area contributed by atoms with Crippen LogP contribution in [0.25, 0.3) is 0 Å². The lowest BCUT2D eigenvalue weighted by atomic mass is 9.87. The van der Waals surface area contributed by atoms with E-state index in [-0.39, 0.29) is 0 Å². The van der Waals surface area contributed by atoms with E-state index in [1.807, 2.05) is 0 Å². The number of ketones is 1. The molecule has 0 aromatic heterocycles. The Morgan fingerprint density at radius 1 is 1.27 bits per heavy atom. The van der Waals surface area contributed by atoms with Crippen LogP contribution < -0.4 is 5.32 Å². The number of carbonyl (C=O) groups is 1. The van der Waals surface area contributed by atoms with Gasteiger partial charge in [0.1, 0.15) is 5.78 Å². The summed E-state index contributed by atoms with van der Waals surface area (Å²) < 4.78 is 0. The highest BCUT2D eigenvalue weighted by atomic mass is 16.1. The summed E-state index contributed by atoms with van der Waals surface area (Å²) >= 11 is 0. The lowest BCUT2D eigenvalue weighted by molar-refractivity contribution is -0.123. The molecule has 15 heavy (non-hydrogen) atoms. The van der Waals surface area contributed by atoms with Gasteiger partial charge in [-0.15, -0.1) is 0 Å². The number of allylic oxidation sites excluding steroid dienone is 2. The fourth-order valence-electron chi connectivity index (χ4n) is 2.79. The van der Waals surface area contributed by atoms with Gasteiger partial charge < -0.3 is 5.32 Å². The van der Waals surface area contributed by atoms with Crippen LogP contribution in [0.3, 0.4) is 0 Å². The molecular weight excluding hydrogens is 186 g/mol. The average Bonchev–Trinajstić information content (AvgIpc) is 2.54. The van der Waals surface area contributed by atoms with Gasteiger partial charge in [0.2, 0.25) is 0 Å². The quantitative estimate of drug-likeness (QED) is 0.720. The Hall–Kier alpha value is -0.630. The molecule has 2 rings (SSSR count). The highest BCUT2D eigenvalue weighted by Crippen LogP contribution is 2.31. The third-order valence-electron chi connectivity index (χ3n) is 3.64. The Morgan fingerprint density at radius 2 is 1.87 bits per heavy atom. The summed E-state index contributed by atoms with van der Waals surface area (Å²) in [6.45, 7) is 4.11. The summed E-state index contributed by atoms with van der Waals surface area (Å²) in [5.41, 5.74) is 1.25. The van der Waals surface area contributed by atoms with Gasteiger partial charge in [0.15, 0.2) is 0 Å². The van der Waals surface area contributed by atoms with Crippen molar-refractivity contribution in [2.45, 2.75) is 58.0 Å². The Morgan fingerprint density at radius 3 is 2.40 bits per heavy atom. The van der Waals surface area contributed by atoms with Crippen molar-refractivity contribution in [3.05, 3.63) is 11.6 Å². The predicted molar refractivity (Wildman–Crippen MR) is 61.7 cm³/mol. The zero-order chi connectivity index (χ0) is 10.8. The van der Waals surface area contributed by atoms with Crippen LogP contribution >= 0.6 is 0 Å². The maximum atomic E-state index is 11.9. The van der Waals surface area contributed by atoms with Crippen LogP contribution in [0.15, 0.2) is 11.6 Å². The first kappa shape index (κ1) is 10.9.